The SMILES string of the molecule is CSc1cc(-c2ccccc2)n(-c2ccccc2)c(=S)c1C(=O)c1ccccc1. The highest BCUT2D eigenvalue weighted by atomic mass is 32.2. The Bertz CT molecular complexity index is 1200. The van der Waals surface area contributed by atoms with Crippen molar-refractivity contribution in [1.29, 1.82) is 0 Å². The molecule has 0 saturated carbocycles. The number of ketones is 1. The molecule has 1 heterocycles. The van der Waals surface area contributed by atoms with Gasteiger partial charge in [0.1, 0.15) is 4.64 Å². The van der Waals surface area contributed by atoms with Crippen LogP contribution in [-0.4, -0.2) is 16.6 Å². The van der Waals surface area contributed by atoms with Crippen LogP contribution in [0.1, 0.15) is 15.9 Å². The van der Waals surface area contributed by atoms with E-state index in [0.717, 1.165) is 21.8 Å². The number of rotatable bonds is 5. The summed E-state index contributed by atoms with van der Waals surface area (Å²) < 4.78 is 2.52. The number of hydrogen-bond acceptors (Lipinski definition) is 3. The summed E-state index contributed by atoms with van der Waals surface area (Å²) in [5, 5.41) is 0. The highest BCUT2D eigenvalue weighted by Gasteiger charge is 2.20. The normalized spacial score (nSPS) is 10.7. The molecule has 0 N–H and O–H groups in total. The fourth-order valence-electron chi connectivity index (χ4n) is 3.35. The molecule has 1 aromatic heterocycles. The average molecular weight is 414 g/mol. The summed E-state index contributed by atoms with van der Waals surface area (Å²) in [7, 11) is 0. The van der Waals surface area contributed by atoms with Gasteiger partial charge in [-0.25, -0.2) is 0 Å². The molecular weight excluding hydrogens is 394 g/mol. The topological polar surface area (TPSA) is 22.0 Å². The van der Waals surface area contributed by atoms with Crippen molar-refractivity contribution in [2.75, 3.05) is 6.26 Å². The maximum atomic E-state index is 13.4. The minimum absolute atomic E-state index is 0.0516. The molecule has 0 radical (unpaired) electrons. The smallest absolute Gasteiger partial charge is 0.197 e. The molecule has 29 heavy (non-hydrogen) atoms. The van der Waals surface area contributed by atoms with E-state index in [-0.39, 0.29) is 5.78 Å². The van der Waals surface area contributed by atoms with E-state index < -0.39 is 0 Å². The van der Waals surface area contributed by atoms with Crippen molar-refractivity contribution in [1.82, 2.24) is 4.57 Å². The number of carbonyl (C=O) groups is 1. The Labute approximate surface area is 179 Å². The lowest BCUT2D eigenvalue weighted by Crippen LogP contribution is -2.11. The van der Waals surface area contributed by atoms with Crippen molar-refractivity contribution in [2.45, 2.75) is 4.90 Å². The van der Waals surface area contributed by atoms with Gasteiger partial charge in [-0.15, -0.1) is 11.8 Å². The first-order valence-electron chi connectivity index (χ1n) is 9.25. The number of hydrogen-bond donors (Lipinski definition) is 0. The molecule has 0 aliphatic carbocycles. The number of benzene rings is 3. The third kappa shape index (κ3) is 3.82. The van der Waals surface area contributed by atoms with Crippen LogP contribution in [-0.2, 0) is 0 Å². The van der Waals surface area contributed by atoms with Crippen LogP contribution in [0.5, 0.6) is 0 Å². The molecule has 0 fully saturated rings. The van der Waals surface area contributed by atoms with Gasteiger partial charge in [-0.1, -0.05) is 91.1 Å². The van der Waals surface area contributed by atoms with E-state index in [4.69, 9.17) is 12.2 Å². The molecule has 2 nitrogen and oxygen atoms in total. The predicted molar refractivity (Wildman–Crippen MR) is 124 cm³/mol. The Morgan fingerprint density at radius 2 is 1.38 bits per heavy atom. The van der Waals surface area contributed by atoms with Crippen LogP contribution >= 0.6 is 24.0 Å². The number of thioether (sulfide) groups is 1. The second kappa shape index (κ2) is 8.60. The van der Waals surface area contributed by atoms with E-state index in [2.05, 4.69) is 18.2 Å². The largest absolute Gasteiger partial charge is 0.300 e. The zero-order valence-electron chi connectivity index (χ0n) is 15.9. The molecule has 0 aliphatic rings. The first-order valence-corrected chi connectivity index (χ1v) is 10.9. The molecular formula is C25H19NOS2. The molecule has 0 spiro atoms. The van der Waals surface area contributed by atoms with Gasteiger partial charge in [0.15, 0.2) is 5.78 Å². The lowest BCUT2D eigenvalue weighted by molar-refractivity contribution is 0.103. The molecule has 0 amide bonds. The van der Waals surface area contributed by atoms with Gasteiger partial charge in [0.25, 0.3) is 0 Å². The second-order valence-corrected chi connectivity index (χ2v) is 7.75. The van der Waals surface area contributed by atoms with Gasteiger partial charge in [-0.2, -0.15) is 0 Å². The Hall–Kier alpha value is -2.95. The Morgan fingerprint density at radius 3 is 1.97 bits per heavy atom. The summed E-state index contributed by atoms with van der Waals surface area (Å²) >= 11 is 7.46. The van der Waals surface area contributed by atoms with E-state index in [0.29, 0.717) is 15.8 Å². The number of para-hydroxylation sites is 1. The molecule has 3 aromatic carbocycles. The average Bonchev–Trinajstić information content (AvgIpc) is 2.79. The summed E-state index contributed by atoms with van der Waals surface area (Å²) in [4.78, 5) is 14.3. The van der Waals surface area contributed by atoms with E-state index in [1.807, 2.05) is 89.7 Å². The van der Waals surface area contributed by atoms with E-state index >= 15 is 0 Å². The fourth-order valence-corrected chi connectivity index (χ4v) is 4.44. The zero-order valence-corrected chi connectivity index (χ0v) is 17.5. The first kappa shape index (κ1) is 19.4. The van der Waals surface area contributed by atoms with E-state index in [9.17, 15) is 4.79 Å². The zero-order chi connectivity index (χ0) is 20.2. The Balaban J connectivity index is 2.04. The maximum absolute atomic E-state index is 13.4. The minimum Gasteiger partial charge on any atom is -0.300 e. The Kier molecular flexibility index (Phi) is 5.74. The van der Waals surface area contributed by atoms with Crippen LogP contribution in [0, 0.1) is 4.64 Å². The van der Waals surface area contributed by atoms with Crippen molar-refractivity contribution >= 4 is 29.8 Å². The van der Waals surface area contributed by atoms with Crippen LogP contribution in [0.15, 0.2) is 102 Å². The summed E-state index contributed by atoms with van der Waals surface area (Å²) in [6, 6.07) is 31.5. The van der Waals surface area contributed by atoms with Crippen LogP contribution in [0.4, 0.5) is 0 Å². The summed E-state index contributed by atoms with van der Waals surface area (Å²) in [6.07, 6.45) is 1.98. The fraction of sp³-hybridized carbons (Fsp3) is 0.0400. The molecule has 0 aliphatic heterocycles. The lowest BCUT2D eigenvalue weighted by atomic mass is 10.0. The highest BCUT2D eigenvalue weighted by molar-refractivity contribution is 7.98. The number of aromatic nitrogens is 1. The van der Waals surface area contributed by atoms with Gasteiger partial charge in [0, 0.05) is 16.1 Å². The third-order valence-electron chi connectivity index (χ3n) is 4.74. The molecule has 0 bridgehead atoms. The van der Waals surface area contributed by atoms with Gasteiger partial charge in [-0.05, 0) is 30.0 Å². The summed E-state index contributed by atoms with van der Waals surface area (Å²) in [5.74, 6) is -0.0516. The van der Waals surface area contributed by atoms with Crippen LogP contribution in [0.2, 0.25) is 0 Å². The van der Waals surface area contributed by atoms with Crippen LogP contribution in [0.3, 0.4) is 0 Å². The van der Waals surface area contributed by atoms with Crippen LogP contribution < -0.4 is 0 Å². The monoisotopic (exact) mass is 413 g/mol. The van der Waals surface area contributed by atoms with Crippen LogP contribution in [0.25, 0.3) is 16.9 Å². The molecule has 4 rings (SSSR count). The molecule has 4 aromatic rings. The lowest BCUT2D eigenvalue weighted by Gasteiger charge is -2.19. The molecule has 0 unspecified atom stereocenters. The van der Waals surface area contributed by atoms with Crippen molar-refractivity contribution in [3.63, 3.8) is 0 Å². The van der Waals surface area contributed by atoms with E-state index in [1.54, 1.807) is 11.8 Å². The predicted octanol–water partition coefficient (Wildman–Crippen LogP) is 6.83. The molecule has 0 saturated heterocycles. The van der Waals surface area contributed by atoms with Crippen molar-refractivity contribution in [3.8, 4) is 16.9 Å². The first-order chi connectivity index (χ1) is 14.2. The van der Waals surface area contributed by atoms with E-state index in [1.165, 1.54) is 0 Å². The standard InChI is InChI=1S/C25H19NOS2/c1-29-22-17-21(18-11-5-2-6-12-18)26(20-15-9-4-10-16-20)25(28)23(22)24(27)19-13-7-3-8-14-19/h2-17H,1H3. The number of carbonyl (C=O) groups excluding carboxylic acids is 1. The molecule has 142 valence electrons. The molecule has 0 atom stereocenters. The minimum atomic E-state index is -0.0516. The second-order valence-electron chi connectivity index (χ2n) is 6.51. The van der Waals surface area contributed by atoms with Crippen molar-refractivity contribution < 1.29 is 4.79 Å². The quantitative estimate of drug-likeness (QED) is 0.203. The summed E-state index contributed by atoms with van der Waals surface area (Å²) in [6.45, 7) is 0. The van der Waals surface area contributed by atoms with Gasteiger partial charge < -0.3 is 0 Å². The maximum Gasteiger partial charge on any atom is 0.197 e. The Morgan fingerprint density at radius 1 is 0.828 bits per heavy atom. The molecule has 4 heteroatoms. The summed E-state index contributed by atoms with van der Waals surface area (Å²) in [5.41, 5.74) is 4.17. The number of nitrogens with zero attached hydrogens (tertiary/aromatic N) is 1. The number of pyridine rings is 1. The van der Waals surface area contributed by atoms with Crippen molar-refractivity contribution in [2.24, 2.45) is 0 Å². The van der Waals surface area contributed by atoms with Gasteiger partial charge in [0.05, 0.1) is 11.3 Å². The van der Waals surface area contributed by atoms with Gasteiger partial charge in [0.2, 0.25) is 0 Å². The van der Waals surface area contributed by atoms with Crippen molar-refractivity contribution in [3.05, 3.63) is 113 Å². The van der Waals surface area contributed by atoms with Gasteiger partial charge >= 0.3 is 0 Å². The van der Waals surface area contributed by atoms with Gasteiger partial charge in [-0.3, -0.25) is 9.36 Å². The highest BCUT2D eigenvalue weighted by Crippen LogP contribution is 2.33. The third-order valence-corrected chi connectivity index (χ3v) is 5.89.